The van der Waals surface area contributed by atoms with Crippen LogP contribution in [0.3, 0.4) is 0 Å². The fourth-order valence-electron chi connectivity index (χ4n) is 9.39. The zero-order valence-corrected chi connectivity index (χ0v) is 39.3. The monoisotopic (exact) mass is 911 g/mol. The first-order valence-electron chi connectivity index (χ1n) is 22.7. The summed E-state index contributed by atoms with van der Waals surface area (Å²) in [5, 5.41) is 7.84. The van der Waals surface area contributed by atoms with E-state index in [1.807, 2.05) is 0 Å². The summed E-state index contributed by atoms with van der Waals surface area (Å²) in [4.78, 5) is 94.8. The van der Waals surface area contributed by atoms with Crippen LogP contribution in [0.15, 0.2) is 60.5 Å². The summed E-state index contributed by atoms with van der Waals surface area (Å²) < 4.78 is 24.4. The molecule has 16 nitrogen and oxygen atoms in total. The average Bonchev–Trinajstić information content (AvgIpc) is 3.49. The van der Waals surface area contributed by atoms with Gasteiger partial charge in [0.25, 0.3) is 17.7 Å². The van der Waals surface area contributed by atoms with Crippen molar-refractivity contribution >= 4 is 49.9 Å². The van der Waals surface area contributed by atoms with Gasteiger partial charge in [-0.25, -0.2) is 4.79 Å². The minimum atomic E-state index is -2.07. The number of allylic oxidation sites excluding steroid dienone is 3. The predicted molar refractivity (Wildman–Crippen MR) is 239 cm³/mol. The van der Waals surface area contributed by atoms with Gasteiger partial charge in [0.1, 0.15) is 24.0 Å². The van der Waals surface area contributed by atoms with Crippen molar-refractivity contribution in [3.05, 3.63) is 82.7 Å². The molecule has 0 spiro atoms. The topological polar surface area (TPSA) is 209 Å². The zero-order valence-electron chi connectivity index (χ0n) is 38.3. The van der Waals surface area contributed by atoms with Crippen LogP contribution in [-0.4, -0.2) is 90.8 Å². The zero-order chi connectivity index (χ0) is 46.8. The molecule has 2 aliphatic carbocycles. The van der Waals surface area contributed by atoms with Crippen LogP contribution in [0, 0.1) is 23.7 Å². The number of piperidine rings is 1. The molecule has 65 heavy (non-hydrogen) atoms. The molecule has 17 heteroatoms. The number of pyridine rings is 1. The number of carbonyl (C=O) groups is 7. The number of amides is 6. The van der Waals surface area contributed by atoms with Gasteiger partial charge in [-0.1, -0.05) is 58.9 Å². The molecule has 3 N–H and O–H groups in total. The Bertz CT molecular complexity index is 2290. The molecule has 0 saturated carbocycles. The van der Waals surface area contributed by atoms with Gasteiger partial charge in [-0.05, 0) is 96.5 Å². The third-order valence-corrected chi connectivity index (χ3v) is 18.3. The summed E-state index contributed by atoms with van der Waals surface area (Å²) in [5.41, 5.74) is 2.51. The highest BCUT2D eigenvalue weighted by Gasteiger charge is 2.47. The van der Waals surface area contributed by atoms with Crippen LogP contribution < -0.4 is 20.7 Å². The number of benzene rings is 1. The van der Waals surface area contributed by atoms with Crippen molar-refractivity contribution in [2.75, 3.05) is 6.61 Å². The standard InChI is InChI=1S/C48H61N5O11Si/c1-27-17-31-12-11-28(2)34(14-13-32-20-33(21-41(56)62-32)64-65(6,7)48(3,4)5)42(31)38(18-27)63-47(60)51-25-30-19-29(22-49-23-30)24-50-40(55)26-61-37-10-8-9-35-43(37)46(59)53(45(35)58)36-15-16-39(54)52-44(36)57/h8-12,17,19,22-23,27-28,32-34,36,38,42H,13-16,18,20-21,24-26H2,1-7H3,(H,50,55)(H,51,60)(H,52,54,57)/t27-,28-,32+,33+,34-,36?,38-,42-/m0/s1. The first kappa shape index (κ1) is 47.3. The summed E-state index contributed by atoms with van der Waals surface area (Å²) in [6.45, 7) is 15.1. The molecule has 1 aromatic heterocycles. The molecule has 0 bridgehead atoms. The molecule has 0 radical (unpaired) electrons. The highest BCUT2D eigenvalue weighted by Crippen LogP contribution is 2.46. The number of hydrogen-bond donors (Lipinski definition) is 3. The molecule has 4 heterocycles. The molecule has 348 valence electrons. The Balaban J connectivity index is 0.899. The molecule has 1 aromatic carbocycles. The Morgan fingerprint density at radius 2 is 1.72 bits per heavy atom. The van der Waals surface area contributed by atoms with E-state index in [-0.39, 0.29) is 102 Å². The Hall–Kier alpha value is -5.68. The minimum absolute atomic E-state index is 0.00794. The third-order valence-electron chi connectivity index (χ3n) is 13.7. The lowest BCUT2D eigenvalue weighted by molar-refractivity contribution is -0.160. The second-order valence-corrected chi connectivity index (χ2v) is 24.4. The van der Waals surface area contributed by atoms with E-state index in [0.29, 0.717) is 30.4 Å². The number of imide groups is 2. The highest BCUT2D eigenvalue weighted by molar-refractivity contribution is 6.74. The summed E-state index contributed by atoms with van der Waals surface area (Å²) >= 11 is 0. The number of cyclic esters (lactones) is 1. The molecular formula is C48H61N5O11Si. The van der Waals surface area contributed by atoms with Crippen molar-refractivity contribution < 1.29 is 52.2 Å². The predicted octanol–water partition coefficient (Wildman–Crippen LogP) is 6.05. The molecule has 6 amide bonds. The molecule has 2 aromatic rings. The van der Waals surface area contributed by atoms with Crippen LogP contribution in [0.25, 0.3) is 0 Å². The van der Waals surface area contributed by atoms with Crippen molar-refractivity contribution in [2.45, 2.75) is 135 Å². The van der Waals surface area contributed by atoms with Gasteiger partial charge in [0, 0.05) is 44.2 Å². The summed E-state index contributed by atoms with van der Waals surface area (Å²) in [5.74, 6) is -2.71. The number of nitrogens with one attached hydrogen (secondary N) is 3. The van der Waals surface area contributed by atoms with E-state index in [4.69, 9.17) is 18.6 Å². The Kier molecular flexibility index (Phi) is 14.1. The van der Waals surface area contributed by atoms with Crippen LogP contribution in [0.2, 0.25) is 18.1 Å². The van der Waals surface area contributed by atoms with Gasteiger partial charge in [-0.3, -0.25) is 44.0 Å². The fraction of sp³-hybridized carbons (Fsp3) is 0.542. The van der Waals surface area contributed by atoms with Gasteiger partial charge in [0.2, 0.25) is 11.8 Å². The minimum Gasteiger partial charge on any atom is -0.483 e. The fourth-order valence-corrected chi connectivity index (χ4v) is 10.8. The van der Waals surface area contributed by atoms with E-state index in [2.05, 4.69) is 86.9 Å². The second kappa shape index (κ2) is 19.4. The summed E-state index contributed by atoms with van der Waals surface area (Å²) in [6, 6.07) is 5.10. The van der Waals surface area contributed by atoms with Gasteiger partial charge < -0.3 is 29.3 Å². The molecule has 8 atom stereocenters. The molecule has 3 aliphatic heterocycles. The van der Waals surface area contributed by atoms with Gasteiger partial charge >= 0.3 is 12.1 Å². The lowest BCUT2D eigenvalue weighted by Crippen LogP contribution is -2.54. The third kappa shape index (κ3) is 10.9. The average molecular weight is 912 g/mol. The Morgan fingerprint density at radius 1 is 0.985 bits per heavy atom. The van der Waals surface area contributed by atoms with E-state index in [1.54, 1.807) is 18.5 Å². The molecule has 5 aliphatic rings. The highest BCUT2D eigenvalue weighted by atomic mass is 28.4. The Labute approximate surface area is 380 Å². The Morgan fingerprint density at radius 3 is 2.45 bits per heavy atom. The summed E-state index contributed by atoms with van der Waals surface area (Å²) in [7, 11) is -2.07. The maximum Gasteiger partial charge on any atom is 0.407 e. The van der Waals surface area contributed by atoms with Gasteiger partial charge in [0.05, 0.1) is 23.7 Å². The maximum absolute atomic E-state index is 13.4. The largest absolute Gasteiger partial charge is 0.483 e. The van der Waals surface area contributed by atoms with Gasteiger partial charge in [0.15, 0.2) is 14.9 Å². The number of hydrogen-bond acceptors (Lipinski definition) is 12. The van der Waals surface area contributed by atoms with Crippen LogP contribution in [0.4, 0.5) is 4.79 Å². The first-order chi connectivity index (χ1) is 30.8. The van der Waals surface area contributed by atoms with Crippen molar-refractivity contribution in [3.63, 3.8) is 0 Å². The number of alkyl carbamates (subject to hydrolysis) is 1. The lowest BCUT2D eigenvalue weighted by Gasteiger charge is -2.44. The number of esters is 1. The van der Waals surface area contributed by atoms with E-state index in [9.17, 15) is 33.6 Å². The van der Waals surface area contributed by atoms with Crippen LogP contribution in [0.1, 0.15) is 111 Å². The number of fused-ring (bicyclic) bond motifs is 2. The number of rotatable bonds is 14. The van der Waals surface area contributed by atoms with Crippen LogP contribution in [-0.2, 0) is 46.2 Å². The lowest BCUT2D eigenvalue weighted by atomic mass is 9.65. The number of nitrogens with zero attached hydrogens (tertiary/aromatic N) is 2. The number of aromatic nitrogens is 1. The number of carbonyl (C=O) groups excluding carboxylic acids is 7. The molecule has 1 unspecified atom stereocenters. The molecule has 2 fully saturated rings. The smallest absolute Gasteiger partial charge is 0.407 e. The SMILES string of the molecule is C[C@H]1C=C2C=C[C@H](C)[C@H](CC[C@@H]3C[C@@H](O[Si](C)(C)C(C)(C)C)CC(=O)O3)[C@H]2[C@@H](OC(=O)NCc2cncc(CNC(=O)COc3cccc4c3C(=O)N(C3CCC(=O)NC3=O)C4=O)c2)C1. The van der Waals surface area contributed by atoms with Crippen molar-refractivity contribution in [3.8, 4) is 5.75 Å². The maximum atomic E-state index is 13.4. The molecular weight excluding hydrogens is 851 g/mol. The van der Waals surface area contributed by atoms with E-state index >= 15 is 0 Å². The van der Waals surface area contributed by atoms with Crippen molar-refractivity contribution in [2.24, 2.45) is 23.7 Å². The van der Waals surface area contributed by atoms with E-state index in [0.717, 1.165) is 11.3 Å². The van der Waals surface area contributed by atoms with Crippen molar-refractivity contribution in [1.82, 2.24) is 25.8 Å². The number of ether oxygens (including phenoxy) is 3. The molecule has 7 rings (SSSR count). The quantitative estimate of drug-likeness (QED) is 0.112. The van der Waals surface area contributed by atoms with Crippen LogP contribution >= 0.6 is 0 Å². The second-order valence-electron chi connectivity index (χ2n) is 19.6. The van der Waals surface area contributed by atoms with Gasteiger partial charge in [-0.2, -0.15) is 0 Å². The van der Waals surface area contributed by atoms with Gasteiger partial charge in [-0.15, -0.1) is 0 Å². The first-order valence-corrected chi connectivity index (χ1v) is 25.6. The normalized spacial score (nSPS) is 26.7. The van der Waals surface area contributed by atoms with Crippen molar-refractivity contribution in [1.29, 1.82) is 0 Å². The summed E-state index contributed by atoms with van der Waals surface area (Å²) in [6.07, 6.45) is 11.7. The molecule has 2 saturated heterocycles. The van der Waals surface area contributed by atoms with E-state index in [1.165, 1.54) is 23.8 Å². The van der Waals surface area contributed by atoms with E-state index < -0.39 is 56.6 Å². The van der Waals surface area contributed by atoms with Crippen LogP contribution in [0.5, 0.6) is 5.75 Å².